The summed E-state index contributed by atoms with van der Waals surface area (Å²) < 4.78 is 13.5. The molecule has 120 valence electrons. The molecule has 1 saturated heterocycles. The quantitative estimate of drug-likeness (QED) is 0.825. The van der Waals surface area contributed by atoms with Gasteiger partial charge in [-0.3, -0.25) is 4.79 Å². The van der Waals surface area contributed by atoms with Gasteiger partial charge in [0.05, 0.1) is 17.1 Å². The fourth-order valence-corrected chi connectivity index (χ4v) is 2.88. The molecule has 8 heteroatoms. The summed E-state index contributed by atoms with van der Waals surface area (Å²) in [5.74, 6) is -0.612. The number of amides is 3. The van der Waals surface area contributed by atoms with Crippen molar-refractivity contribution < 1.29 is 14.0 Å². The van der Waals surface area contributed by atoms with Crippen LogP contribution in [0.4, 0.5) is 9.18 Å². The number of likely N-dealkylation sites (tertiary alicyclic amines) is 1. The minimum atomic E-state index is -0.599. The molecule has 0 radical (unpaired) electrons. The molecule has 1 aliphatic rings. The molecule has 0 bridgehead atoms. The van der Waals surface area contributed by atoms with E-state index in [0.717, 1.165) is 0 Å². The van der Waals surface area contributed by atoms with Gasteiger partial charge in [0, 0.05) is 25.0 Å². The standard InChI is InChI=1S/C14H16Cl2FN3O2/c1-7(9-4-12(17)11(16)5-10(9)15)18-14(22)19-8-3-13(21)20(2)6-8/h4-5,7-8H,3,6H2,1-2H3,(H2,18,19,22)/t7?,8-/m0/s1. The summed E-state index contributed by atoms with van der Waals surface area (Å²) in [5, 5.41) is 5.58. The number of urea groups is 1. The van der Waals surface area contributed by atoms with Gasteiger partial charge >= 0.3 is 6.03 Å². The molecular weight excluding hydrogens is 332 g/mol. The van der Waals surface area contributed by atoms with Crippen molar-refractivity contribution >= 4 is 35.1 Å². The number of carbonyl (C=O) groups is 2. The van der Waals surface area contributed by atoms with Crippen LogP contribution in [0.1, 0.15) is 24.9 Å². The van der Waals surface area contributed by atoms with Crippen LogP contribution in [0.3, 0.4) is 0 Å². The number of hydrogen-bond acceptors (Lipinski definition) is 2. The molecule has 0 saturated carbocycles. The number of nitrogens with zero attached hydrogens (tertiary/aromatic N) is 1. The summed E-state index contributed by atoms with van der Waals surface area (Å²) in [5.41, 5.74) is 0.429. The highest BCUT2D eigenvalue weighted by atomic mass is 35.5. The predicted molar refractivity (Wildman–Crippen MR) is 82.5 cm³/mol. The highest BCUT2D eigenvalue weighted by molar-refractivity contribution is 6.35. The first-order chi connectivity index (χ1) is 10.3. The molecule has 22 heavy (non-hydrogen) atoms. The van der Waals surface area contributed by atoms with Crippen LogP contribution in [-0.2, 0) is 4.79 Å². The van der Waals surface area contributed by atoms with Crippen molar-refractivity contribution in [3.8, 4) is 0 Å². The maximum Gasteiger partial charge on any atom is 0.315 e. The zero-order chi connectivity index (χ0) is 16.4. The summed E-state index contributed by atoms with van der Waals surface area (Å²) in [6, 6.07) is 1.32. The lowest BCUT2D eigenvalue weighted by atomic mass is 10.1. The van der Waals surface area contributed by atoms with Crippen molar-refractivity contribution in [2.24, 2.45) is 0 Å². The van der Waals surface area contributed by atoms with Crippen molar-refractivity contribution in [3.63, 3.8) is 0 Å². The molecule has 0 aromatic heterocycles. The van der Waals surface area contributed by atoms with E-state index in [4.69, 9.17) is 23.2 Å². The molecule has 5 nitrogen and oxygen atoms in total. The highest BCUT2D eigenvalue weighted by Crippen LogP contribution is 2.28. The van der Waals surface area contributed by atoms with Gasteiger partial charge in [0.2, 0.25) is 5.91 Å². The predicted octanol–water partition coefficient (Wildman–Crippen LogP) is 2.72. The molecule has 2 N–H and O–H groups in total. The third-order valence-electron chi connectivity index (χ3n) is 3.53. The number of hydrogen-bond donors (Lipinski definition) is 2. The average Bonchev–Trinajstić information content (AvgIpc) is 2.72. The molecule has 2 rings (SSSR count). The van der Waals surface area contributed by atoms with Gasteiger partial charge in [-0.2, -0.15) is 0 Å². The van der Waals surface area contributed by atoms with E-state index in [-0.39, 0.29) is 28.4 Å². The summed E-state index contributed by atoms with van der Waals surface area (Å²) >= 11 is 11.7. The van der Waals surface area contributed by atoms with Crippen LogP contribution in [0.5, 0.6) is 0 Å². The largest absolute Gasteiger partial charge is 0.344 e. The fraction of sp³-hybridized carbons (Fsp3) is 0.429. The first kappa shape index (κ1) is 16.8. The van der Waals surface area contributed by atoms with E-state index in [2.05, 4.69) is 10.6 Å². The second-order valence-electron chi connectivity index (χ2n) is 5.30. The molecular formula is C14H16Cl2FN3O2. The van der Waals surface area contributed by atoms with Crippen LogP contribution in [0, 0.1) is 5.82 Å². The maximum absolute atomic E-state index is 13.5. The van der Waals surface area contributed by atoms with Crippen LogP contribution in [0.25, 0.3) is 0 Å². The smallest absolute Gasteiger partial charge is 0.315 e. The van der Waals surface area contributed by atoms with Crippen molar-refractivity contribution in [1.82, 2.24) is 15.5 Å². The topological polar surface area (TPSA) is 61.4 Å². The molecule has 1 unspecified atom stereocenters. The van der Waals surface area contributed by atoms with Crippen LogP contribution in [0.15, 0.2) is 12.1 Å². The van der Waals surface area contributed by atoms with Gasteiger partial charge in [-0.25, -0.2) is 9.18 Å². The van der Waals surface area contributed by atoms with Crippen molar-refractivity contribution in [2.75, 3.05) is 13.6 Å². The highest BCUT2D eigenvalue weighted by Gasteiger charge is 2.28. The minimum Gasteiger partial charge on any atom is -0.344 e. The Morgan fingerprint density at radius 3 is 2.68 bits per heavy atom. The van der Waals surface area contributed by atoms with E-state index in [1.165, 1.54) is 12.1 Å². The van der Waals surface area contributed by atoms with Gasteiger partial charge in [-0.15, -0.1) is 0 Å². The number of benzene rings is 1. The lowest BCUT2D eigenvalue weighted by molar-refractivity contribution is -0.126. The van der Waals surface area contributed by atoms with Crippen LogP contribution < -0.4 is 10.6 Å². The summed E-state index contributed by atoms with van der Waals surface area (Å²) in [6.07, 6.45) is 0.272. The monoisotopic (exact) mass is 347 g/mol. The Morgan fingerprint density at radius 1 is 1.41 bits per heavy atom. The van der Waals surface area contributed by atoms with Crippen molar-refractivity contribution in [3.05, 3.63) is 33.6 Å². The Labute approximate surface area is 137 Å². The summed E-state index contributed by atoms with van der Waals surface area (Å²) in [4.78, 5) is 24.9. The summed E-state index contributed by atoms with van der Waals surface area (Å²) in [6.45, 7) is 2.15. The van der Waals surface area contributed by atoms with Crippen LogP contribution in [0.2, 0.25) is 10.0 Å². The minimum absolute atomic E-state index is 0.0128. The Kier molecular flexibility index (Phi) is 5.13. The molecule has 1 fully saturated rings. The maximum atomic E-state index is 13.5. The Hall–Kier alpha value is -1.53. The Bertz CT molecular complexity index is 612. The fourth-order valence-electron chi connectivity index (χ4n) is 2.33. The van der Waals surface area contributed by atoms with E-state index in [0.29, 0.717) is 12.1 Å². The zero-order valence-corrected chi connectivity index (χ0v) is 13.6. The number of halogens is 3. The average molecular weight is 348 g/mol. The first-order valence-corrected chi connectivity index (χ1v) is 7.49. The van der Waals surface area contributed by atoms with Gasteiger partial charge in [-0.1, -0.05) is 23.2 Å². The third-order valence-corrected chi connectivity index (χ3v) is 4.15. The van der Waals surface area contributed by atoms with Gasteiger partial charge < -0.3 is 15.5 Å². The third kappa shape index (κ3) is 3.81. The molecule has 0 aliphatic carbocycles. The Balaban J connectivity index is 1.97. The lowest BCUT2D eigenvalue weighted by Gasteiger charge is -2.19. The van der Waals surface area contributed by atoms with Gasteiger partial charge in [0.1, 0.15) is 5.82 Å². The molecule has 1 heterocycles. The van der Waals surface area contributed by atoms with Crippen LogP contribution in [-0.4, -0.2) is 36.5 Å². The first-order valence-electron chi connectivity index (χ1n) is 6.73. The van der Waals surface area contributed by atoms with E-state index < -0.39 is 17.9 Å². The van der Waals surface area contributed by atoms with E-state index >= 15 is 0 Å². The number of carbonyl (C=O) groups excluding carboxylic acids is 2. The van der Waals surface area contributed by atoms with Gasteiger partial charge in [-0.05, 0) is 24.6 Å². The molecule has 1 aromatic rings. The van der Waals surface area contributed by atoms with E-state index in [1.807, 2.05) is 0 Å². The molecule has 3 amide bonds. The molecule has 2 atom stereocenters. The molecule has 1 aliphatic heterocycles. The van der Waals surface area contributed by atoms with Gasteiger partial charge in [0.15, 0.2) is 0 Å². The number of rotatable bonds is 3. The lowest BCUT2D eigenvalue weighted by Crippen LogP contribution is -2.43. The number of likely N-dealkylation sites (N-methyl/N-ethyl adjacent to an activating group) is 1. The summed E-state index contributed by atoms with van der Waals surface area (Å²) in [7, 11) is 1.68. The van der Waals surface area contributed by atoms with E-state index in [9.17, 15) is 14.0 Å². The van der Waals surface area contributed by atoms with Crippen LogP contribution >= 0.6 is 23.2 Å². The number of nitrogens with one attached hydrogen (secondary N) is 2. The van der Waals surface area contributed by atoms with Crippen molar-refractivity contribution in [2.45, 2.75) is 25.4 Å². The normalized spacial score (nSPS) is 19.2. The zero-order valence-electron chi connectivity index (χ0n) is 12.1. The van der Waals surface area contributed by atoms with Gasteiger partial charge in [0.25, 0.3) is 0 Å². The SMILES string of the molecule is CC(NC(=O)N[C@H]1CC(=O)N(C)C1)c1cc(F)c(Cl)cc1Cl. The molecule has 0 spiro atoms. The molecule has 1 aromatic carbocycles. The van der Waals surface area contributed by atoms with E-state index in [1.54, 1.807) is 18.9 Å². The Morgan fingerprint density at radius 2 is 2.09 bits per heavy atom. The second-order valence-corrected chi connectivity index (χ2v) is 6.12. The second kappa shape index (κ2) is 6.71. The van der Waals surface area contributed by atoms with Crippen molar-refractivity contribution in [1.29, 1.82) is 0 Å².